The molecule has 0 aliphatic rings. The molecule has 0 saturated heterocycles. The lowest BCUT2D eigenvalue weighted by Crippen LogP contribution is -2.24. The van der Waals surface area contributed by atoms with E-state index in [4.69, 9.17) is 0 Å². The highest BCUT2D eigenvalue weighted by Gasteiger charge is 1.95. The minimum absolute atomic E-state index is 0.167. The summed E-state index contributed by atoms with van der Waals surface area (Å²) in [5.41, 5.74) is 0. The van der Waals surface area contributed by atoms with Crippen LogP contribution in [0, 0.1) is 0 Å². The first-order valence-electron chi connectivity index (χ1n) is 6.65. The lowest BCUT2D eigenvalue weighted by atomic mass is 10.1. The lowest BCUT2D eigenvalue weighted by molar-refractivity contribution is -0.120. The minimum Gasteiger partial charge on any atom is -0.355 e. The van der Waals surface area contributed by atoms with Gasteiger partial charge in [0.1, 0.15) is 0 Å². The minimum atomic E-state index is 0.167. The molecule has 0 aromatic rings. The number of unbranched alkanes of at least 4 members (excludes halogenated alkanes) is 5. The topological polar surface area (TPSA) is 29.1 Å². The van der Waals surface area contributed by atoms with E-state index in [-0.39, 0.29) is 5.91 Å². The molecule has 0 aliphatic heterocycles. The van der Waals surface area contributed by atoms with Crippen LogP contribution in [0.4, 0.5) is 0 Å². The van der Waals surface area contributed by atoms with Crippen LogP contribution in [0.1, 0.15) is 58.8 Å². The monoisotopic (exact) mass is 245 g/mol. The van der Waals surface area contributed by atoms with Crippen LogP contribution in [0.3, 0.4) is 0 Å². The molecule has 0 unspecified atom stereocenters. The fourth-order valence-electron chi connectivity index (χ4n) is 1.47. The Kier molecular flexibility index (Phi) is 12.7. The molecule has 0 fully saturated rings. The number of carbonyl (C=O) groups is 1. The summed E-state index contributed by atoms with van der Waals surface area (Å²) in [5, 5.41) is 2.89. The van der Waals surface area contributed by atoms with Crippen LogP contribution < -0.4 is 5.32 Å². The molecular formula is C13H27NOS. The van der Waals surface area contributed by atoms with Crippen molar-refractivity contribution in [3.63, 3.8) is 0 Å². The van der Waals surface area contributed by atoms with Gasteiger partial charge in [0, 0.05) is 18.7 Å². The second-order valence-corrected chi connectivity index (χ2v) is 5.31. The van der Waals surface area contributed by atoms with Crippen molar-refractivity contribution in [2.24, 2.45) is 0 Å². The number of carbonyl (C=O) groups excluding carboxylic acids is 1. The Bertz CT molecular complexity index is 162. The van der Waals surface area contributed by atoms with Gasteiger partial charge in [-0.05, 0) is 12.2 Å². The van der Waals surface area contributed by atoms with Gasteiger partial charge in [0.25, 0.3) is 0 Å². The number of rotatable bonds is 11. The summed E-state index contributed by atoms with van der Waals surface area (Å²) in [7, 11) is 0. The van der Waals surface area contributed by atoms with Crippen molar-refractivity contribution >= 4 is 17.7 Å². The number of amides is 1. The molecular weight excluding hydrogens is 218 g/mol. The summed E-state index contributed by atoms with van der Waals surface area (Å²) in [4.78, 5) is 10.9. The predicted molar refractivity (Wildman–Crippen MR) is 74.0 cm³/mol. The Hall–Kier alpha value is -0.180. The van der Waals surface area contributed by atoms with E-state index in [9.17, 15) is 4.79 Å². The first kappa shape index (κ1) is 15.8. The third-order valence-corrected chi connectivity index (χ3v) is 3.60. The van der Waals surface area contributed by atoms with E-state index in [2.05, 4.69) is 12.2 Å². The van der Waals surface area contributed by atoms with E-state index < -0.39 is 0 Å². The highest BCUT2D eigenvalue weighted by molar-refractivity contribution is 7.99. The van der Waals surface area contributed by atoms with Crippen molar-refractivity contribution in [2.45, 2.75) is 58.8 Å². The van der Waals surface area contributed by atoms with Crippen LogP contribution in [0.15, 0.2) is 0 Å². The molecule has 2 nitrogen and oxygen atoms in total. The van der Waals surface area contributed by atoms with Gasteiger partial charge in [0.15, 0.2) is 0 Å². The van der Waals surface area contributed by atoms with Gasteiger partial charge in [-0.3, -0.25) is 4.79 Å². The van der Waals surface area contributed by atoms with E-state index >= 15 is 0 Å². The first-order valence-corrected chi connectivity index (χ1v) is 7.81. The largest absolute Gasteiger partial charge is 0.355 e. The molecule has 0 aliphatic carbocycles. The Labute approximate surface area is 105 Å². The van der Waals surface area contributed by atoms with Crippen molar-refractivity contribution in [1.29, 1.82) is 0 Å². The van der Waals surface area contributed by atoms with E-state index in [1.165, 1.54) is 44.3 Å². The quantitative estimate of drug-likeness (QED) is 0.563. The first-order chi connectivity index (χ1) is 7.81. The van der Waals surface area contributed by atoms with E-state index in [1.807, 2.05) is 18.7 Å². The van der Waals surface area contributed by atoms with Crippen LogP contribution >= 0.6 is 11.8 Å². The predicted octanol–water partition coefficient (Wildman–Crippen LogP) is 3.61. The fourth-order valence-corrected chi connectivity index (χ4v) is 2.33. The Balaban J connectivity index is 2.96. The maximum atomic E-state index is 10.9. The van der Waals surface area contributed by atoms with Crippen LogP contribution in [-0.2, 0) is 4.79 Å². The summed E-state index contributed by atoms with van der Waals surface area (Å²) >= 11 is 1.95. The zero-order chi connectivity index (χ0) is 12.1. The van der Waals surface area contributed by atoms with Gasteiger partial charge < -0.3 is 5.32 Å². The maximum absolute atomic E-state index is 10.9. The molecule has 0 atom stereocenters. The highest BCUT2D eigenvalue weighted by Crippen LogP contribution is 2.09. The van der Waals surface area contributed by atoms with Gasteiger partial charge in [0.2, 0.25) is 5.91 Å². The Morgan fingerprint density at radius 2 is 1.69 bits per heavy atom. The van der Waals surface area contributed by atoms with Gasteiger partial charge >= 0.3 is 0 Å². The summed E-state index contributed by atoms with van der Waals surface area (Å²) in [5.74, 6) is 2.47. The van der Waals surface area contributed by atoms with Crippen LogP contribution in [0.2, 0.25) is 0 Å². The molecule has 3 heteroatoms. The number of hydrogen-bond donors (Lipinski definition) is 1. The molecule has 16 heavy (non-hydrogen) atoms. The highest BCUT2D eigenvalue weighted by atomic mass is 32.2. The summed E-state index contributed by atoms with van der Waals surface area (Å²) in [6.07, 6.45) is 8.79. The summed E-state index contributed by atoms with van der Waals surface area (Å²) < 4.78 is 0. The van der Waals surface area contributed by atoms with Crippen molar-refractivity contribution in [2.75, 3.05) is 18.1 Å². The Morgan fingerprint density at radius 1 is 1.00 bits per heavy atom. The lowest BCUT2D eigenvalue weighted by Gasteiger charge is -2.03. The molecule has 0 aromatic heterocycles. The van der Waals surface area contributed by atoms with E-state index in [0.29, 0.717) is 6.42 Å². The maximum Gasteiger partial charge on any atom is 0.219 e. The normalized spacial score (nSPS) is 10.4. The molecule has 96 valence electrons. The second kappa shape index (κ2) is 12.9. The number of nitrogens with one attached hydrogen (secondary N) is 1. The summed E-state index contributed by atoms with van der Waals surface area (Å²) in [6.45, 7) is 4.96. The van der Waals surface area contributed by atoms with Crippen molar-refractivity contribution < 1.29 is 4.79 Å². The molecule has 0 heterocycles. The smallest absolute Gasteiger partial charge is 0.219 e. The average molecular weight is 245 g/mol. The van der Waals surface area contributed by atoms with E-state index in [0.717, 1.165) is 12.3 Å². The van der Waals surface area contributed by atoms with Gasteiger partial charge in [-0.2, -0.15) is 11.8 Å². The third-order valence-electron chi connectivity index (χ3n) is 2.53. The molecule has 0 saturated carbocycles. The zero-order valence-corrected chi connectivity index (χ0v) is 11.7. The second-order valence-electron chi connectivity index (χ2n) is 4.08. The SMILES string of the molecule is CCCCCCCCSCCNC(=O)CC. The third kappa shape index (κ3) is 11.9. The molecule has 0 spiro atoms. The molecule has 0 bridgehead atoms. The fraction of sp³-hybridized carbons (Fsp3) is 0.923. The average Bonchev–Trinajstić information content (AvgIpc) is 2.31. The molecule has 1 amide bonds. The molecule has 0 radical (unpaired) electrons. The Morgan fingerprint density at radius 3 is 2.38 bits per heavy atom. The van der Waals surface area contributed by atoms with Crippen molar-refractivity contribution in [1.82, 2.24) is 5.32 Å². The zero-order valence-electron chi connectivity index (χ0n) is 10.9. The summed E-state index contributed by atoms with van der Waals surface area (Å²) in [6, 6.07) is 0. The van der Waals surface area contributed by atoms with Crippen LogP contribution in [-0.4, -0.2) is 24.0 Å². The van der Waals surface area contributed by atoms with Gasteiger partial charge in [0.05, 0.1) is 0 Å². The van der Waals surface area contributed by atoms with Crippen molar-refractivity contribution in [3.8, 4) is 0 Å². The number of thioether (sulfide) groups is 1. The van der Waals surface area contributed by atoms with Crippen LogP contribution in [0.5, 0.6) is 0 Å². The standard InChI is InChI=1S/C13H27NOS/c1-3-5-6-7-8-9-11-16-12-10-14-13(15)4-2/h3-12H2,1-2H3,(H,14,15). The van der Waals surface area contributed by atoms with Crippen molar-refractivity contribution in [3.05, 3.63) is 0 Å². The van der Waals surface area contributed by atoms with Gasteiger partial charge in [-0.15, -0.1) is 0 Å². The molecule has 0 rings (SSSR count). The van der Waals surface area contributed by atoms with Crippen LogP contribution in [0.25, 0.3) is 0 Å². The van der Waals surface area contributed by atoms with E-state index in [1.54, 1.807) is 0 Å². The van der Waals surface area contributed by atoms with Gasteiger partial charge in [-0.25, -0.2) is 0 Å². The van der Waals surface area contributed by atoms with Gasteiger partial charge in [-0.1, -0.05) is 46.0 Å². The number of hydrogen-bond acceptors (Lipinski definition) is 2. The molecule has 1 N–H and O–H groups in total. The molecule has 0 aromatic carbocycles.